The molecule has 2 aliphatic rings. The summed E-state index contributed by atoms with van der Waals surface area (Å²) in [6, 6.07) is 11.3. The van der Waals surface area contributed by atoms with E-state index in [0.29, 0.717) is 22.4 Å². The number of nitrogens with zero attached hydrogens (tertiary/aromatic N) is 3. The van der Waals surface area contributed by atoms with E-state index in [1.807, 2.05) is 35.5 Å². The maximum absolute atomic E-state index is 12.6. The SMILES string of the molecule is O=C(O)C(F)(F)F.O=C(c1cccc(Cl)c1)N1C[C@H]2CN(Cc3cccnc3)C[C@H]2C1. The van der Waals surface area contributed by atoms with Gasteiger partial charge in [0.15, 0.2) is 0 Å². The number of carboxylic acid groups (broad SMARTS) is 1. The van der Waals surface area contributed by atoms with Crippen LogP contribution in [-0.2, 0) is 11.3 Å². The van der Waals surface area contributed by atoms with E-state index < -0.39 is 12.1 Å². The van der Waals surface area contributed by atoms with Gasteiger partial charge in [-0.1, -0.05) is 23.7 Å². The largest absolute Gasteiger partial charge is 0.490 e. The average Bonchev–Trinajstić information content (AvgIpc) is 3.26. The van der Waals surface area contributed by atoms with Gasteiger partial charge in [0, 0.05) is 55.7 Å². The number of benzene rings is 1. The minimum absolute atomic E-state index is 0.103. The van der Waals surface area contributed by atoms with Gasteiger partial charge in [-0.3, -0.25) is 14.7 Å². The maximum Gasteiger partial charge on any atom is 0.490 e. The molecular weight excluding hydrogens is 435 g/mol. The van der Waals surface area contributed by atoms with Crippen LogP contribution in [-0.4, -0.2) is 64.1 Å². The quantitative estimate of drug-likeness (QED) is 0.766. The van der Waals surface area contributed by atoms with Crippen molar-refractivity contribution in [3.8, 4) is 0 Å². The van der Waals surface area contributed by atoms with Crippen LogP contribution < -0.4 is 0 Å². The zero-order valence-electron chi connectivity index (χ0n) is 16.4. The molecule has 1 aromatic heterocycles. The van der Waals surface area contributed by atoms with E-state index in [4.69, 9.17) is 21.5 Å². The number of aromatic nitrogens is 1. The molecule has 0 saturated carbocycles. The molecule has 1 aromatic carbocycles. The van der Waals surface area contributed by atoms with Crippen LogP contribution in [0, 0.1) is 11.8 Å². The number of carbonyl (C=O) groups excluding carboxylic acids is 1. The fourth-order valence-electron chi connectivity index (χ4n) is 3.94. The van der Waals surface area contributed by atoms with E-state index in [9.17, 15) is 18.0 Å². The molecule has 31 heavy (non-hydrogen) atoms. The highest BCUT2D eigenvalue weighted by atomic mass is 35.5. The van der Waals surface area contributed by atoms with Crippen molar-refractivity contribution in [3.63, 3.8) is 0 Å². The molecule has 166 valence electrons. The number of halogens is 4. The molecule has 1 amide bonds. The van der Waals surface area contributed by atoms with Gasteiger partial charge in [0.1, 0.15) is 0 Å². The third-order valence-electron chi connectivity index (χ3n) is 5.29. The zero-order chi connectivity index (χ0) is 22.6. The summed E-state index contributed by atoms with van der Waals surface area (Å²) in [5.41, 5.74) is 1.94. The first-order valence-corrected chi connectivity index (χ1v) is 9.97. The smallest absolute Gasteiger partial charge is 0.475 e. The van der Waals surface area contributed by atoms with E-state index in [-0.39, 0.29) is 5.91 Å². The van der Waals surface area contributed by atoms with Gasteiger partial charge >= 0.3 is 12.1 Å². The highest BCUT2D eigenvalue weighted by Gasteiger charge is 2.41. The van der Waals surface area contributed by atoms with Crippen LogP contribution in [0.25, 0.3) is 0 Å². The summed E-state index contributed by atoms with van der Waals surface area (Å²) in [7, 11) is 0. The Hall–Kier alpha value is -2.65. The van der Waals surface area contributed by atoms with Gasteiger partial charge in [-0.05, 0) is 41.7 Å². The van der Waals surface area contributed by atoms with Crippen LogP contribution in [0.15, 0.2) is 48.8 Å². The predicted molar refractivity (Wildman–Crippen MR) is 108 cm³/mol. The normalized spacial score (nSPS) is 20.7. The third kappa shape index (κ3) is 6.18. The number of amides is 1. The van der Waals surface area contributed by atoms with Gasteiger partial charge in [0.2, 0.25) is 0 Å². The topological polar surface area (TPSA) is 73.7 Å². The summed E-state index contributed by atoms with van der Waals surface area (Å²) < 4.78 is 31.7. The fourth-order valence-corrected chi connectivity index (χ4v) is 4.13. The Labute approximate surface area is 182 Å². The molecule has 2 saturated heterocycles. The number of aliphatic carboxylic acids is 1. The number of fused-ring (bicyclic) bond motifs is 1. The van der Waals surface area contributed by atoms with E-state index in [1.54, 1.807) is 12.1 Å². The maximum atomic E-state index is 12.6. The summed E-state index contributed by atoms with van der Waals surface area (Å²) >= 11 is 6.01. The van der Waals surface area contributed by atoms with Crippen molar-refractivity contribution in [1.29, 1.82) is 0 Å². The van der Waals surface area contributed by atoms with Crippen molar-refractivity contribution in [2.75, 3.05) is 26.2 Å². The van der Waals surface area contributed by atoms with Crippen molar-refractivity contribution >= 4 is 23.5 Å². The second kappa shape index (κ2) is 9.65. The molecule has 2 aromatic rings. The van der Waals surface area contributed by atoms with Crippen molar-refractivity contribution in [2.45, 2.75) is 12.7 Å². The Morgan fingerprint density at radius 3 is 2.26 bits per heavy atom. The fraction of sp³-hybridized carbons (Fsp3) is 0.381. The minimum Gasteiger partial charge on any atom is -0.475 e. The summed E-state index contributed by atoms with van der Waals surface area (Å²) in [6.07, 6.45) is -1.34. The molecular formula is C21H21ClF3N3O3. The summed E-state index contributed by atoms with van der Waals surface area (Å²) in [5, 5.41) is 7.74. The monoisotopic (exact) mass is 455 g/mol. The Morgan fingerprint density at radius 1 is 1.10 bits per heavy atom. The molecule has 0 bridgehead atoms. The molecule has 1 N–H and O–H groups in total. The standard InChI is InChI=1S/C19H20ClN3O.C2HF3O2/c20-18-5-1-4-15(7-18)19(24)23-12-16-10-22(11-17(16)13-23)9-14-3-2-6-21-8-14;3-2(4,5)1(6)7/h1-8,16-17H,9-13H2;(H,6,7)/t16-,17+;. The number of hydrogen-bond donors (Lipinski definition) is 1. The van der Waals surface area contributed by atoms with E-state index >= 15 is 0 Å². The average molecular weight is 456 g/mol. The molecule has 2 fully saturated rings. The Morgan fingerprint density at radius 2 is 1.74 bits per heavy atom. The molecule has 3 heterocycles. The lowest BCUT2D eigenvalue weighted by molar-refractivity contribution is -0.192. The number of carboxylic acids is 1. The lowest BCUT2D eigenvalue weighted by atomic mass is 10.0. The second-order valence-corrected chi connectivity index (χ2v) is 8.04. The van der Waals surface area contributed by atoms with E-state index in [2.05, 4.69) is 16.0 Å². The van der Waals surface area contributed by atoms with E-state index in [1.165, 1.54) is 5.56 Å². The van der Waals surface area contributed by atoms with Crippen LogP contribution in [0.3, 0.4) is 0 Å². The predicted octanol–water partition coefficient (Wildman–Crippen LogP) is 3.57. The lowest BCUT2D eigenvalue weighted by Crippen LogP contribution is -2.33. The number of carbonyl (C=O) groups is 2. The van der Waals surface area contributed by atoms with E-state index in [0.717, 1.165) is 32.7 Å². The summed E-state index contributed by atoms with van der Waals surface area (Å²) in [6.45, 7) is 4.75. The molecule has 0 spiro atoms. The van der Waals surface area contributed by atoms with Crippen molar-refractivity contribution in [2.24, 2.45) is 11.8 Å². The van der Waals surface area contributed by atoms with Gasteiger partial charge in [-0.25, -0.2) is 4.79 Å². The number of rotatable bonds is 3. The summed E-state index contributed by atoms with van der Waals surface area (Å²) in [5.74, 6) is -1.51. The molecule has 6 nitrogen and oxygen atoms in total. The first-order chi connectivity index (χ1) is 14.6. The number of pyridine rings is 1. The molecule has 2 atom stereocenters. The highest BCUT2D eigenvalue weighted by molar-refractivity contribution is 6.30. The number of hydrogen-bond acceptors (Lipinski definition) is 4. The summed E-state index contributed by atoms with van der Waals surface area (Å²) in [4.78, 5) is 30.2. The minimum atomic E-state index is -5.08. The van der Waals surface area contributed by atoms with Crippen molar-refractivity contribution in [3.05, 3.63) is 64.9 Å². The first-order valence-electron chi connectivity index (χ1n) is 9.59. The number of alkyl halides is 3. The Kier molecular flexibility index (Phi) is 7.17. The van der Waals surface area contributed by atoms with Crippen molar-refractivity contribution in [1.82, 2.24) is 14.8 Å². The third-order valence-corrected chi connectivity index (χ3v) is 5.53. The van der Waals surface area contributed by atoms with Crippen LogP contribution in [0.5, 0.6) is 0 Å². The van der Waals surface area contributed by atoms with Gasteiger partial charge in [0.25, 0.3) is 5.91 Å². The Balaban J connectivity index is 0.000000339. The lowest BCUT2D eigenvalue weighted by Gasteiger charge is -2.21. The molecule has 0 radical (unpaired) electrons. The molecule has 10 heteroatoms. The van der Waals surface area contributed by atoms with Gasteiger partial charge in [-0.2, -0.15) is 13.2 Å². The molecule has 0 unspecified atom stereocenters. The second-order valence-electron chi connectivity index (χ2n) is 7.60. The van der Waals surface area contributed by atoms with Gasteiger partial charge < -0.3 is 10.0 Å². The van der Waals surface area contributed by atoms with Gasteiger partial charge in [0.05, 0.1) is 0 Å². The first kappa shape index (κ1) is 23.0. The van der Waals surface area contributed by atoms with Crippen LogP contribution in [0.4, 0.5) is 13.2 Å². The zero-order valence-corrected chi connectivity index (χ0v) is 17.2. The van der Waals surface area contributed by atoms with Crippen molar-refractivity contribution < 1.29 is 27.9 Å². The molecule has 0 aliphatic carbocycles. The van der Waals surface area contributed by atoms with Crippen LogP contribution in [0.2, 0.25) is 5.02 Å². The number of likely N-dealkylation sites (tertiary alicyclic amines) is 2. The molecule has 2 aliphatic heterocycles. The molecule has 4 rings (SSSR count). The van der Waals surface area contributed by atoms with Gasteiger partial charge in [-0.15, -0.1) is 0 Å². The Bertz CT molecular complexity index is 913. The van der Waals surface area contributed by atoms with Crippen LogP contribution in [0.1, 0.15) is 15.9 Å². The highest BCUT2D eigenvalue weighted by Crippen LogP contribution is 2.32. The van der Waals surface area contributed by atoms with Crippen LogP contribution >= 0.6 is 11.6 Å².